The molecule has 1 N–H and O–H groups in total. The molecule has 5 heteroatoms. The number of hydrogen-bond donors (Lipinski definition) is 1. The summed E-state index contributed by atoms with van der Waals surface area (Å²) in [4.78, 5) is 15.0. The second kappa shape index (κ2) is 4.60. The normalized spacial score (nSPS) is 10.6. The molecule has 1 aromatic heterocycles. The molecule has 0 aliphatic rings. The van der Waals surface area contributed by atoms with Gasteiger partial charge in [-0.3, -0.25) is 0 Å². The molecule has 0 aliphatic heterocycles. The van der Waals surface area contributed by atoms with E-state index in [1.54, 1.807) is 26.0 Å². The highest BCUT2D eigenvalue weighted by molar-refractivity contribution is 5.86. The Morgan fingerprint density at radius 1 is 1.50 bits per heavy atom. The number of carboxylic acids is 1. The quantitative estimate of drug-likeness (QED) is 0.908. The molecule has 0 saturated carbocycles. The van der Waals surface area contributed by atoms with Gasteiger partial charge < -0.3 is 9.52 Å². The van der Waals surface area contributed by atoms with E-state index in [2.05, 4.69) is 4.98 Å². The van der Waals surface area contributed by atoms with Gasteiger partial charge >= 0.3 is 5.97 Å². The lowest BCUT2D eigenvalue weighted by Crippen LogP contribution is -1.98. The van der Waals surface area contributed by atoms with E-state index < -0.39 is 5.97 Å². The van der Waals surface area contributed by atoms with Crippen LogP contribution in [-0.4, -0.2) is 16.1 Å². The van der Waals surface area contributed by atoms with Crippen LogP contribution in [-0.2, 0) is 6.42 Å². The van der Waals surface area contributed by atoms with Gasteiger partial charge in [-0.05, 0) is 31.0 Å². The number of benzene rings is 1. The third-order valence-electron chi connectivity index (χ3n) is 2.65. The number of oxazole rings is 1. The second-order valence-corrected chi connectivity index (χ2v) is 3.92. The lowest BCUT2D eigenvalue weighted by atomic mass is 10.1. The monoisotopic (exact) mass is 249 g/mol. The third kappa shape index (κ3) is 2.11. The van der Waals surface area contributed by atoms with Crippen LogP contribution in [0.5, 0.6) is 0 Å². The average molecular weight is 249 g/mol. The number of aryl methyl sites for hydroxylation is 2. The number of aromatic carboxylic acids is 1. The largest absolute Gasteiger partial charge is 0.475 e. The molecule has 0 amide bonds. The first-order chi connectivity index (χ1) is 8.52. The lowest BCUT2D eigenvalue weighted by molar-refractivity contribution is 0.0662. The molecule has 0 unspecified atom stereocenters. The van der Waals surface area contributed by atoms with Gasteiger partial charge in [0, 0.05) is 5.56 Å². The predicted molar refractivity (Wildman–Crippen MR) is 63.0 cm³/mol. The maximum absolute atomic E-state index is 13.4. The van der Waals surface area contributed by atoms with Gasteiger partial charge in [0.25, 0.3) is 0 Å². The average Bonchev–Trinajstić information content (AvgIpc) is 2.77. The Kier molecular flexibility index (Phi) is 3.14. The number of aromatic nitrogens is 1. The minimum atomic E-state index is -1.17. The summed E-state index contributed by atoms with van der Waals surface area (Å²) in [5, 5.41) is 8.95. The zero-order valence-corrected chi connectivity index (χ0v) is 10.0. The van der Waals surface area contributed by atoms with Gasteiger partial charge in [0.15, 0.2) is 0 Å². The Hall–Kier alpha value is -2.17. The first-order valence-corrected chi connectivity index (χ1v) is 5.52. The Labute approximate surface area is 103 Å². The summed E-state index contributed by atoms with van der Waals surface area (Å²) < 4.78 is 18.6. The molecule has 2 rings (SSSR count). The molecule has 94 valence electrons. The maximum atomic E-state index is 13.4. The van der Waals surface area contributed by atoms with Crippen LogP contribution in [0.3, 0.4) is 0 Å². The number of hydrogen-bond acceptors (Lipinski definition) is 3. The van der Waals surface area contributed by atoms with Crippen molar-refractivity contribution in [3.05, 3.63) is 41.0 Å². The maximum Gasteiger partial charge on any atom is 0.373 e. The summed E-state index contributed by atoms with van der Waals surface area (Å²) in [5.41, 5.74) is 1.30. The Balaban J connectivity index is 2.50. The van der Waals surface area contributed by atoms with Gasteiger partial charge in [0.1, 0.15) is 5.82 Å². The Morgan fingerprint density at radius 2 is 2.22 bits per heavy atom. The van der Waals surface area contributed by atoms with E-state index in [1.165, 1.54) is 6.07 Å². The molecule has 2 aromatic rings. The van der Waals surface area contributed by atoms with E-state index in [4.69, 9.17) is 9.52 Å². The molecular weight excluding hydrogens is 237 g/mol. The van der Waals surface area contributed by atoms with Crippen molar-refractivity contribution < 1.29 is 18.7 Å². The van der Waals surface area contributed by atoms with Gasteiger partial charge in [-0.15, -0.1) is 0 Å². The van der Waals surface area contributed by atoms with E-state index in [0.717, 1.165) is 0 Å². The molecule has 0 radical (unpaired) electrons. The fourth-order valence-electron chi connectivity index (χ4n) is 1.61. The zero-order valence-electron chi connectivity index (χ0n) is 10.0. The standard InChI is InChI=1S/C13H12FNO3/c1-3-10-11(13(16)17)18-12(15-10)8-5-4-7(2)9(14)6-8/h4-6H,3H2,1-2H3,(H,16,17). The van der Waals surface area contributed by atoms with Crippen molar-refractivity contribution in [2.45, 2.75) is 20.3 Å². The van der Waals surface area contributed by atoms with Crippen molar-refractivity contribution in [3.8, 4) is 11.5 Å². The van der Waals surface area contributed by atoms with Gasteiger partial charge in [0.05, 0.1) is 5.69 Å². The van der Waals surface area contributed by atoms with Crippen LogP contribution >= 0.6 is 0 Å². The van der Waals surface area contributed by atoms with Crippen LogP contribution in [0.25, 0.3) is 11.5 Å². The van der Waals surface area contributed by atoms with Gasteiger partial charge in [-0.2, -0.15) is 0 Å². The molecule has 0 fully saturated rings. The van der Waals surface area contributed by atoms with Crippen LogP contribution in [0.4, 0.5) is 4.39 Å². The topological polar surface area (TPSA) is 63.3 Å². The van der Waals surface area contributed by atoms with Crippen molar-refractivity contribution in [1.29, 1.82) is 0 Å². The number of halogens is 1. The molecule has 1 aromatic carbocycles. The molecular formula is C13H12FNO3. The minimum absolute atomic E-state index is 0.128. The number of rotatable bonds is 3. The van der Waals surface area contributed by atoms with E-state index in [9.17, 15) is 9.18 Å². The highest BCUT2D eigenvalue weighted by Crippen LogP contribution is 2.24. The van der Waals surface area contributed by atoms with Crippen LogP contribution in [0.15, 0.2) is 22.6 Å². The van der Waals surface area contributed by atoms with Crippen molar-refractivity contribution in [2.75, 3.05) is 0 Å². The minimum Gasteiger partial charge on any atom is -0.475 e. The SMILES string of the molecule is CCc1nc(-c2ccc(C)c(F)c2)oc1C(=O)O. The highest BCUT2D eigenvalue weighted by Gasteiger charge is 2.19. The fraction of sp³-hybridized carbons (Fsp3) is 0.231. The molecule has 18 heavy (non-hydrogen) atoms. The lowest BCUT2D eigenvalue weighted by Gasteiger charge is -1.98. The molecule has 0 aliphatic carbocycles. The van der Waals surface area contributed by atoms with Gasteiger partial charge in [0.2, 0.25) is 11.7 Å². The number of carbonyl (C=O) groups is 1. The number of nitrogens with zero attached hydrogens (tertiary/aromatic N) is 1. The number of carboxylic acid groups (broad SMARTS) is 1. The van der Waals surface area contributed by atoms with Crippen molar-refractivity contribution in [2.24, 2.45) is 0 Å². The van der Waals surface area contributed by atoms with Crippen LogP contribution in [0, 0.1) is 12.7 Å². The van der Waals surface area contributed by atoms with E-state index in [1.807, 2.05) is 0 Å². The van der Waals surface area contributed by atoms with E-state index in [0.29, 0.717) is 23.2 Å². The second-order valence-electron chi connectivity index (χ2n) is 3.92. The molecule has 0 spiro atoms. The van der Waals surface area contributed by atoms with E-state index >= 15 is 0 Å². The summed E-state index contributed by atoms with van der Waals surface area (Å²) in [6, 6.07) is 4.53. The third-order valence-corrected chi connectivity index (χ3v) is 2.65. The molecule has 4 nitrogen and oxygen atoms in total. The van der Waals surface area contributed by atoms with Crippen LogP contribution < -0.4 is 0 Å². The summed E-state index contributed by atoms with van der Waals surface area (Å²) in [5.74, 6) is -1.60. The van der Waals surface area contributed by atoms with Crippen molar-refractivity contribution in [3.63, 3.8) is 0 Å². The fourth-order valence-corrected chi connectivity index (χ4v) is 1.61. The van der Waals surface area contributed by atoms with Gasteiger partial charge in [-0.1, -0.05) is 13.0 Å². The van der Waals surface area contributed by atoms with Crippen LogP contribution in [0.2, 0.25) is 0 Å². The Bertz CT molecular complexity index is 604. The highest BCUT2D eigenvalue weighted by atomic mass is 19.1. The van der Waals surface area contributed by atoms with E-state index in [-0.39, 0.29) is 17.5 Å². The molecule has 0 saturated heterocycles. The first kappa shape index (κ1) is 12.3. The summed E-state index contributed by atoms with van der Waals surface area (Å²) >= 11 is 0. The van der Waals surface area contributed by atoms with Crippen molar-refractivity contribution in [1.82, 2.24) is 4.98 Å². The summed E-state index contributed by atoms with van der Waals surface area (Å²) in [7, 11) is 0. The summed E-state index contributed by atoms with van der Waals surface area (Å²) in [6.45, 7) is 3.43. The zero-order chi connectivity index (χ0) is 13.3. The first-order valence-electron chi connectivity index (χ1n) is 5.52. The van der Waals surface area contributed by atoms with Crippen LogP contribution in [0.1, 0.15) is 28.7 Å². The molecule has 0 bridgehead atoms. The van der Waals surface area contributed by atoms with Crippen molar-refractivity contribution >= 4 is 5.97 Å². The summed E-state index contributed by atoms with van der Waals surface area (Å²) in [6.07, 6.45) is 0.444. The molecule has 0 atom stereocenters. The predicted octanol–water partition coefficient (Wildman–Crippen LogP) is 3.05. The Morgan fingerprint density at radius 3 is 2.72 bits per heavy atom. The molecule has 1 heterocycles. The smallest absolute Gasteiger partial charge is 0.373 e. The van der Waals surface area contributed by atoms with Gasteiger partial charge in [-0.25, -0.2) is 14.2 Å².